The van der Waals surface area contributed by atoms with E-state index in [0.717, 1.165) is 28.7 Å². The summed E-state index contributed by atoms with van der Waals surface area (Å²) in [6.45, 7) is 3.36. The van der Waals surface area contributed by atoms with Crippen molar-refractivity contribution in [3.05, 3.63) is 50.1 Å². The van der Waals surface area contributed by atoms with E-state index in [1.165, 1.54) is 16.9 Å². The molecular weight excluding hydrogens is 382 g/mol. The predicted octanol–water partition coefficient (Wildman–Crippen LogP) is 4.28. The van der Waals surface area contributed by atoms with Crippen LogP contribution in [0, 0.1) is 5.92 Å². The van der Waals surface area contributed by atoms with E-state index in [0.29, 0.717) is 30.0 Å². The molecule has 2 aromatic heterocycles. The maximum absolute atomic E-state index is 13.5. The van der Waals surface area contributed by atoms with Crippen molar-refractivity contribution in [1.29, 1.82) is 0 Å². The Labute approximate surface area is 167 Å². The summed E-state index contributed by atoms with van der Waals surface area (Å²) in [5.41, 5.74) is 1.92. The van der Waals surface area contributed by atoms with Crippen molar-refractivity contribution in [2.45, 2.75) is 26.2 Å². The zero-order valence-electron chi connectivity index (χ0n) is 15.4. The van der Waals surface area contributed by atoms with Gasteiger partial charge in [-0.25, -0.2) is 9.55 Å². The number of thiophene rings is 1. The van der Waals surface area contributed by atoms with E-state index in [2.05, 4.69) is 12.2 Å². The Morgan fingerprint density at radius 2 is 2.15 bits per heavy atom. The minimum absolute atomic E-state index is 0.0196. The SMILES string of the molecule is COCCNc1nc2sc3c(c2c(=O)n1-c1ccc(Cl)cc1)C[C@H](C)CC3. The standard InChI is InChI=1S/C20H22ClN3O2S/c1-12-3-8-16-15(11-12)17-18(27-16)23-20(22-9-10-26-2)24(19(17)25)14-6-4-13(21)5-7-14/h4-7,12H,3,8-11H2,1-2H3,(H,22,23)/t12-/m1/s1. The monoisotopic (exact) mass is 403 g/mol. The van der Waals surface area contributed by atoms with Crippen LogP contribution in [0.3, 0.4) is 0 Å². The predicted molar refractivity (Wildman–Crippen MR) is 112 cm³/mol. The van der Waals surface area contributed by atoms with Crippen molar-refractivity contribution < 1.29 is 4.74 Å². The second kappa shape index (κ2) is 7.62. The molecule has 142 valence electrons. The Hall–Kier alpha value is -1.89. The molecule has 5 nitrogen and oxygen atoms in total. The largest absolute Gasteiger partial charge is 0.383 e. The number of aromatic nitrogens is 2. The highest BCUT2D eigenvalue weighted by molar-refractivity contribution is 7.18. The van der Waals surface area contributed by atoms with Gasteiger partial charge in [0.15, 0.2) is 0 Å². The third-order valence-corrected chi connectivity index (χ3v) is 6.44. The summed E-state index contributed by atoms with van der Waals surface area (Å²) in [7, 11) is 1.65. The molecule has 0 bridgehead atoms. The Kier molecular flexibility index (Phi) is 5.21. The third-order valence-electron chi connectivity index (χ3n) is 5.00. The first-order valence-corrected chi connectivity index (χ1v) is 10.3. The second-order valence-electron chi connectivity index (χ2n) is 7.00. The summed E-state index contributed by atoms with van der Waals surface area (Å²) >= 11 is 7.69. The molecule has 3 aromatic rings. The van der Waals surface area contributed by atoms with Crippen LogP contribution in [0.25, 0.3) is 15.9 Å². The van der Waals surface area contributed by atoms with Crippen LogP contribution in [-0.4, -0.2) is 29.8 Å². The second-order valence-corrected chi connectivity index (χ2v) is 8.52. The highest BCUT2D eigenvalue weighted by atomic mass is 35.5. The van der Waals surface area contributed by atoms with E-state index in [1.807, 2.05) is 12.1 Å². The molecule has 1 aromatic carbocycles. The van der Waals surface area contributed by atoms with Crippen LogP contribution in [-0.2, 0) is 17.6 Å². The summed E-state index contributed by atoms with van der Waals surface area (Å²) in [4.78, 5) is 20.5. The third kappa shape index (κ3) is 3.49. The number of aryl methyl sites for hydroxylation is 1. The average molecular weight is 404 g/mol. The molecule has 0 radical (unpaired) electrons. The first-order valence-electron chi connectivity index (χ1n) is 9.14. The smallest absolute Gasteiger partial charge is 0.268 e. The zero-order valence-corrected chi connectivity index (χ0v) is 17.0. The van der Waals surface area contributed by atoms with E-state index < -0.39 is 0 Å². The Balaban J connectivity index is 1.92. The first kappa shape index (κ1) is 18.5. The van der Waals surface area contributed by atoms with Crippen LogP contribution in [0.4, 0.5) is 5.95 Å². The molecule has 0 fully saturated rings. The Morgan fingerprint density at radius 3 is 2.89 bits per heavy atom. The number of methoxy groups -OCH3 is 1. The molecule has 1 aliphatic carbocycles. The van der Waals surface area contributed by atoms with Gasteiger partial charge in [0.2, 0.25) is 5.95 Å². The minimum atomic E-state index is -0.0196. The normalized spacial score (nSPS) is 16.5. The summed E-state index contributed by atoms with van der Waals surface area (Å²) in [6, 6.07) is 7.27. The quantitative estimate of drug-likeness (QED) is 0.646. The number of ether oxygens (including phenoxy) is 1. The molecule has 7 heteroatoms. The number of benzene rings is 1. The highest BCUT2D eigenvalue weighted by Gasteiger charge is 2.25. The molecular formula is C20H22ClN3O2S. The number of hydrogen-bond donors (Lipinski definition) is 1. The number of hydrogen-bond acceptors (Lipinski definition) is 5. The molecule has 1 N–H and O–H groups in total. The molecule has 1 aliphatic rings. The van der Waals surface area contributed by atoms with E-state index in [4.69, 9.17) is 21.3 Å². The summed E-state index contributed by atoms with van der Waals surface area (Å²) < 4.78 is 6.78. The van der Waals surface area contributed by atoms with Crippen molar-refractivity contribution in [3.8, 4) is 5.69 Å². The van der Waals surface area contributed by atoms with Crippen LogP contribution in [0.2, 0.25) is 5.02 Å². The minimum Gasteiger partial charge on any atom is -0.383 e. The van der Waals surface area contributed by atoms with Gasteiger partial charge >= 0.3 is 0 Å². The van der Waals surface area contributed by atoms with Crippen LogP contribution in [0.1, 0.15) is 23.8 Å². The van der Waals surface area contributed by atoms with E-state index in [9.17, 15) is 4.79 Å². The van der Waals surface area contributed by atoms with Gasteiger partial charge in [-0.3, -0.25) is 4.79 Å². The fourth-order valence-corrected chi connectivity index (χ4v) is 4.94. The van der Waals surface area contributed by atoms with Crippen molar-refractivity contribution in [1.82, 2.24) is 9.55 Å². The molecule has 0 saturated heterocycles. The van der Waals surface area contributed by atoms with E-state index in [1.54, 1.807) is 35.1 Å². The topological polar surface area (TPSA) is 56.1 Å². The van der Waals surface area contributed by atoms with Crippen LogP contribution in [0.15, 0.2) is 29.1 Å². The molecule has 1 atom stereocenters. The number of fused-ring (bicyclic) bond motifs is 3. The molecule has 2 heterocycles. The lowest BCUT2D eigenvalue weighted by molar-refractivity contribution is 0.210. The highest BCUT2D eigenvalue weighted by Crippen LogP contribution is 2.36. The lowest BCUT2D eigenvalue weighted by Crippen LogP contribution is -2.25. The van der Waals surface area contributed by atoms with Crippen molar-refractivity contribution in [2.24, 2.45) is 5.92 Å². The van der Waals surface area contributed by atoms with Crippen molar-refractivity contribution in [3.63, 3.8) is 0 Å². The summed E-state index contributed by atoms with van der Waals surface area (Å²) in [5, 5.41) is 4.66. The van der Waals surface area contributed by atoms with Crippen molar-refractivity contribution >= 4 is 39.1 Å². The molecule has 0 unspecified atom stereocenters. The van der Waals surface area contributed by atoms with Gasteiger partial charge < -0.3 is 10.1 Å². The molecule has 0 amide bonds. The first-order chi connectivity index (χ1) is 13.1. The number of nitrogens with one attached hydrogen (secondary N) is 1. The number of halogens is 1. The molecule has 4 rings (SSSR count). The Bertz CT molecular complexity index is 1030. The average Bonchev–Trinajstić information content (AvgIpc) is 3.01. The van der Waals surface area contributed by atoms with E-state index >= 15 is 0 Å². The van der Waals surface area contributed by atoms with Gasteiger partial charge in [-0.1, -0.05) is 18.5 Å². The van der Waals surface area contributed by atoms with Crippen LogP contribution in [0.5, 0.6) is 0 Å². The zero-order chi connectivity index (χ0) is 19.0. The molecule has 0 saturated carbocycles. The van der Waals surface area contributed by atoms with Gasteiger partial charge in [-0.05, 0) is 55.0 Å². The molecule has 0 spiro atoms. The fourth-order valence-electron chi connectivity index (χ4n) is 3.61. The van der Waals surface area contributed by atoms with Crippen LogP contribution >= 0.6 is 22.9 Å². The lowest BCUT2D eigenvalue weighted by atomic mass is 9.89. The van der Waals surface area contributed by atoms with Gasteiger partial charge in [0, 0.05) is 23.6 Å². The summed E-state index contributed by atoms with van der Waals surface area (Å²) in [5.74, 6) is 1.14. The van der Waals surface area contributed by atoms with Gasteiger partial charge in [0.25, 0.3) is 5.56 Å². The van der Waals surface area contributed by atoms with Gasteiger partial charge in [-0.2, -0.15) is 0 Å². The van der Waals surface area contributed by atoms with Crippen LogP contribution < -0.4 is 10.9 Å². The van der Waals surface area contributed by atoms with E-state index in [-0.39, 0.29) is 5.56 Å². The maximum Gasteiger partial charge on any atom is 0.268 e. The van der Waals surface area contributed by atoms with Crippen molar-refractivity contribution in [2.75, 3.05) is 25.6 Å². The Morgan fingerprint density at radius 1 is 1.37 bits per heavy atom. The molecule has 0 aliphatic heterocycles. The maximum atomic E-state index is 13.5. The van der Waals surface area contributed by atoms with Gasteiger partial charge in [-0.15, -0.1) is 11.3 Å². The van der Waals surface area contributed by atoms with Gasteiger partial charge in [0.05, 0.1) is 17.7 Å². The summed E-state index contributed by atoms with van der Waals surface area (Å²) in [6.07, 6.45) is 3.15. The lowest BCUT2D eigenvalue weighted by Gasteiger charge is -2.18. The number of anilines is 1. The van der Waals surface area contributed by atoms with Gasteiger partial charge in [0.1, 0.15) is 4.83 Å². The molecule has 27 heavy (non-hydrogen) atoms. The number of rotatable bonds is 5. The fraction of sp³-hybridized carbons (Fsp3) is 0.400. The number of nitrogens with zero attached hydrogens (tertiary/aromatic N) is 2.